The lowest BCUT2D eigenvalue weighted by Gasteiger charge is -2.18. The summed E-state index contributed by atoms with van der Waals surface area (Å²) in [4.78, 5) is 12.2. The second kappa shape index (κ2) is 6.39. The molecule has 1 aliphatic heterocycles. The van der Waals surface area contributed by atoms with E-state index in [-0.39, 0.29) is 5.56 Å². The first-order valence-corrected chi connectivity index (χ1v) is 7.23. The van der Waals surface area contributed by atoms with Crippen molar-refractivity contribution in [3.8, 4) is 11.5 Å². The van der Waals surface area contributed by atoms with Crippen molar-refractivity contribution in [2.45, 2.75) is 6.18 Å². The van der Waals surface area contributed by atoms with Gasteiger partial charge in [0.05, 0.1) is 5.56 Å². The summed E-state index contributed by atoms with van der Waals surface area (Å²) in [6.45, 7) is 0.827. The quantitative estimate of drug-likeness (QED) is 0.617. The second-order valence-electron chi connectivity index (χ2n) is 5.14. The zero-order chi connectivity index (χ0) is 17.2. The van der Waals surface area contributed by atoms with Crippen LogP contribution in [0.15, 0.2) is 48.5 Å². The zero-order valence-corrected chi connectivity index (χ0v) is 12.5. The van der Waals surface area contributed by atoms with Crippen molar-refractivity contribution in [1.29, 1.82) is 0 Å². The third kappa shape index (κ3) is 3.42. The average molecular weight is 334 g/mol. The highest BCUT2D eigenvalue weighted by Gasteiger charge is 2.32. The number of benzene rings is 2. The van der Waals surface area contributed by atoms with E-state index in [4.69, 9.17) is 9.47 Å². The lowest BCUT2D eigenvalue weighted by Crippen LogP contribution is -2.15. The van der Waals surface area contributed by atoms with Gasteiger partial charge in [0.2, 0.25) is 0 Å². The minimum atomic E-state index is -4.47. The Morgan fingerprint density at radius 2 is 1.71 bits per heavy atom. The van der Waals surface area contributed by atoms with Gasteiger partial charge in [0.15, 0.2) is 17.3 Å². The first-order valence-electron chi connectivity index (χ1n) is 7.23. The smallest absolute Gasteiger partial charge is 0.416 e. The van der Waals surface area contributed by atoms with Gasteiger partial charge >= 0.3 is 6.18 Å². The van der Waals surface area contributed by atoms with Gasteiger partial charge in [0.25, 0.3) is 0 Å². The monoisotopic (exact) mass is 334 g/mol. The van der Waals surface area contributed by atoms with Gasteiger partial charge in [-0.2, -0.15) is 13.2 Å². The van der Waals surface area contributed by atoms with E-state index >= 15 is 0 Å². The van der Waals surface area contributed by atoms with Crippen LogP contribution >= 0.6 is 0 Å². The number of alkyl halides is 3. The van der Waals surface area contributed by atoms with Gasteiger partial charge in [-0.05, 0) is 35.9 Å². The molecule has 0 atom stereocenters. The van der Waals surface area contributed by atoms with Crippen LogP contribution in [0.1, 0.15) is 21.5 Å². The van der Waals surface area contributed by atoms with Crippen molar-refractivity contribution in [3.63, 3.8) is 0 Å². The van der Waals surface area contributed by atoms with Crippen molar-refractivity contribution in [2.24, 2.45) is 0 Å². The summed E-state index contributed by atoms with van der Waals surface area (Å²) in [5.74, 6) is 0.587. The number of hydrogen-bond acceptors (Lipinski definition) is 3. The Bertz CT molecular complexity index is 794. The maximum absolute atomic E-state index is 12.9. The molecule has 0 bridgehead atoms. The maximum atomic E-state index is 12.9. The Balaban J connectivity index is 1.84. The maximum Gasteiger partial charge on any atom is 0.416 e. The second-order valence-corrected chi connectivity index (χ2v) is 5.14. The highest BCUT2D eigenvalue weighted by molar-refractivity contribution is 6.07. The summed E-state index contributed by atoms with van der Waals surface area (Å²) in [5.41, 5.74) is -0.521. The number of hydrogen-bond donors (Lipinski definition) is 0. The fourth-order valence-corrected chi connectivity index (χ4v) is 2.36. The van der Waals surface area contributed by atoms with Crippen molar-refractivity contribution in [1.82, 2.24) is 0 Å². The number of carbonyl (C=O) groups excluding carboxylic acids is 1. The van der Waals surface area contributed by atoms with E-state index in [0.29, 0.717) is 30.3 Å². The molecule has 2 aromatic rings. The topological polar surface area (TPSA) is 35.5 Å². The van der Waals surface area contributed by atoms with Crippen LogP contribution in [0.5, 0.6) is 11.5 Å². The molecule has 0 saturated heterocycles. The van der Waals surface area contributed by atoms with E-state index in [1.54, 1.807) is 12.1 Å². The van der Waals surface area contributed by atoms with Crippen LogP contribution in [0, 0.1) is 0 Å². The molecule has 3 rings (SSSR count). The highest BCUT2D eigenvalue weighted by Crippen LogP contribution is 2.33. The lowest BCUT2D eigenvalue weighted by atomic mass is 10.0. The molecule has 0 spiro atoms. The van der Waals surface area contributed by atoms with Gasteiger partial charge in [-0.15, -0.1) is 0 Å². The molecule has 24 heavy (non-hydrogen) atoms. The third-order valence-electron chi connectivity index (χ3n) is 3.51. The van der Waals surface area contributed by atoms with Crippen molar-refractivity contribution in [3.05, 3.63) is 65.2 Å². The first-order chi connectivity index (χ1) is 11.4. The van der Waals surface area contributed by atoms with Gasteiger partial charge < -0.3 is 9.47 Å². The molecule has 0 radical (unpaired) electrons. The zero-order valence-electron chi connectivity index (χ0n) is 12.5. The molecule has 1 aliphatic rings. The van der Waals surface area contributed by atoms with Gasteiger partial charge in [-0.1, -0.05) is 24.3 Å². The molecule has 0 saturated carbocycles. The van der Waals surface area contributed by atoms with Crippen LogP contribution < -0.4 is 9.47 Å². The van der Waals surface area contributed by atoms with Crippen molar-refractivity contribution >= 4 is 11.9 Å². The Kier molecular flexibility index (Phi) is 4.29. The summed E-state index contributed by atoms with van der Waals surface area (Å²) in [7, 11) is 0. The summed E-state index contributed by atoms with van der Waals surface area (Å²) in [6.07, 6.45) is -2.18. The van der Waals surface area contributed by atoms with Gasteiger partial charge in [0.1, 0.15) is 13.2 Å². The van der Waals surface area contributed by atoms with Crippen LogP contribution in [0.25, 0.3) is 6.08 Å². The molecule has 6 heteroatoms. The molecule has 124 valence electrons. The van der Waals surface area contributed by atoms with E-state index in [0.717, 1.165) is 12.1 Å². The van der Waals surface area contributed by atoms with Gasteiger partial charge in [0, 0.05) is 5.56 Å². The average Bonchev–Trinajstić information content (AvgIpc) is 2.58. The molecule has 3 nitrogen and oxygen atoms in total. The number of fused-ring (bicyclic) bond motifs is 1. The largest absolute Gasteiger partial charge is 0.486 e. The van der Waals surface area contributed by atoms with E-state index < -0.39 is 17.5 Å². The lowest BCUT2D eigenvalue weighted by molar-refractivity contribution is -0.137. The molecule has 2 aromatic carbocycles. The molecular weight excluding hydrogens is 321 g/mol. The minimum absolute atomic E-state index is 0.0594. The van der Waals surface area contributed by atoms with Crippen LogP contribution in [-0.2, 0) is 6.18 Å². The van der Waals surface area contributed by atoms with E-state index in [9.17, 15) is 18.0 Å². The predicted molar refractivity (Wildman–Crippen MR) is 82.2 cm³/mol. The number of carbonyl (C=O) groups is 1. The molecule has 0 aromatic heterocycles. The Hall–Kier alpha value is -2.76. The van der Waals surface area contributed by atoms with Crippen LogP contribution in [0.2, 0.25) is 0 Å². The normalized spacial score (nSPS) is 14.0. The molecular formula is C18H13F3O3. The van der Waals surface area contributed by atoms with Gasteiger partial charge in [-0.25, -0.2) is 0 Å². The predicted octanol–water partition coefficient (Wildman–Crippen LogP) is 4.37. The van der Waals surface area contributed by atoms with Crippen LogP contribution in [0.4, 0.5) is 13.2 Å². The van der Waals surface area contributed by atoms with E-state index in [1.165, 1.54) is 30.3 Å². The van der Waals surface area contributed by atoms with E-state index in [1.807, 2.05) is 0 Å². The SMILES string of the molecule is O=C(C=Cc1ccccc1C(F)(F)F)c1ccc2c(c1)OCCO2. The minimum Gasteiger partial charge on any atom is -0.486 e. The van der Waals surface area contributed by atoms with Crippen LogP contribution in [-0.4, -0.2) is 19.0 Å². The Labute approximate surface area is 136 Å². The highest BCUT2D eigenvalue weighted by atomic mass is 19.4. The Morgan fingerprint density at radius 1 is 1.00 bits per heavy atom. The standard InChI is InChI=1S/C18H13F3O3/c19-18(20,21)14-4-2-1-3-12(14)5-7-15(22)13-6-8-16-17(11-13)24-10-9-23-16/h1-8,11H,9-10H2. The number of halogens is 3. The molecule has 0 unspecified atom stereocenters. The van der Waals surface area contributed by atoms with Crippen LogP contribution in [0.3, 0.4) is 0 Å². The Morgan fingerprint density at radius 3 is 2.46 bits per heavy atom. The van der Waals surface area contributed by atoms with Crippen molar-refractivity contribution in [2.75, 3.05) is 13.2 Å². The molecule has 0 amide bonds. The molecule has 1 heterocycles. The first kappa shape index (κ1) is 16.1. The summed E-state index contributed by atoms with van der Waals surface area (Å²) < 4.78 is 49.6. The molecule has 0 N–H and O–H groups in total. The van der Waals surface area contributed by atoms with Gasteiger partial charge in [-0.3, -0.25) is 4.79 Å². The summed E-state index contributed by atoms with van der Waals surface area (Å²) >= 11 is 0. The molecule has 0 fully saturated rings. The fraction of sp³-hybridized carbons (Fsp3) is 0.167. The number of ketones is 1. The van der Waals surface area contributed by atoms with E-state index in [2.05, 4.69) is 0 Å². The summed E-state index contributed by atoms with van der Waals surface area (Å²) in [6, 6.07) is 9.78. The number of rotatable bonds is 3. The summed E-state index contributed by atoms with van der Waals surface area (Å²) in [5, 5.41) is 0. The molecule has 0 aliphatic carbocycles. The fourth-order valence-electron chi connectivity index (χ4n) is 2.36. The third-order valence-corrected chi connectivity index (χ3v) is 3.51. The number of ether oxygens (including phenoxy) is 2. The van der Waals surface area contributed by atoms with Crippen molar-refractivity contribution < 1.29 is 27.4 Å². The number of allylic oxidation sites excluding steroid dienone is 1.